The van der Waals surface area contributed by atoms with Crippen molar-refractivity contribution >= 4 is 11.4 Å². The molecule has 6 heteroatoms. The topological polar surface area (TPSA) is 64.8 Å². The highest BCUT2D eigenvalue weighted by molar-refractivity contribution is 5.53. The highest BCUT2D eigenvalue weighted by Crippen LogP contribution is 2.40. The van der Waals surface area contributed by atoms with Gasteiger partial charge >= 0.3 is 0 Å². The third-order valence-electron chi connectivity index (χ3n) is 3.66. The van der Waals surface area contributed by atoms with Crippen LogP contribution in [-0.2, 0) is 9.68 Å². The zero-order valence-corrected chi connectivity index (χ0v) is 11.8. The zero-order chi connectivity index (χ0) is 14.4. The second-order valence-electron chi connectivity index (χ2n) is 5.69. The van der Waals surface area contributed by atoms with Crippen molar-refractivity contribution in [3.63, 3.8) is 0 Å². The number of aryl methyl sites for hydroxylation is 1. The van der Waals surface area contributed by atoms with Gasteiger partial charge in [-0.1, -0.05) is 0 Å². The molecule has 0 amide bonds. The van der Waals surface area contributed by atoms with Crippen LogP contribution < -0.4 is 5.23 Å². The summed E-state index contributed by atoms with van der Waals surface area (Å²) in [5, 5.41) is 12.1. The van der Waals surface area contributed by atoms with E-state index in [0.29, 0.717) is 11.3 Å². The van der Waals surface area contributed by atoms with E-state index >= 15 is 0 Å². The molecule has 0 bridgehead atoms. The Kier molecular flexibility index (Phi) is 3.03. The molecule has 104 valence electrons. The summed E-state index contributed by atoms with van der Waals surface area (Å²) in [5.74, 6) is 0. The van der Waals surface area contributed by atoms with Gasteiger partial charge < -0.3 is 0 Å². The van der Waals surface area contributed by atoms with Crippen LogP contribution >= 0.6 is 0 Å². The molecule has 1 aliphatic heterocycles. The number of rotatable bonds is 2. The Balaban J connectivity index is 2.31. The largest absolute Gasteiger partial charge is 0.272 e. The number of hydrogen-bond donors (Lipinski definition) is 0. The van der Waals surface area contributed by atoms with Crippen LogP contribution in [-0.4, -0.2) is 16.1 Å². The van der Waals surface area contributed by atoms with Crippen LogP contribution in [0.15, 0.2) is 18.2 Å². The number of nitro groups is 1. The highest BCUT2D eigenvalue weighted by atomic mass is 17.0. The van der Waals surface area contributed by atoms with Crippen LogP contribution in [0, 0.1) is 17.0 Å². The van der Waals surface area contributed by atoms with Gasteiger partial charge in [0.2, 0.25) is 0 Å². The van der Waals surface area contributed by atoms with Crippen LogP contribution in [0.3, 0.4) is 0 Å². The van der Waals surface area contributed by atoms with Gasteiger partial charge in [0.25, 0.3) is 5.69 Å². The highest BCUT2D eigenvalue weighted by Gasteiger charge is 2.50. The molecule has 0 atom stereocenters. The van der Waals surface area contributed by atoms with Gasteiger partial charge in [0.05, 0.1) is 10.6 Å². The van der Waals surface area contributed by atoms with Gasteiger partial charge in [0, 0.05) is 11.6 Å². The first-order valence-electron chi connectivity index (χ1n) is 6.07. The van der Waals surface area contributed by atoms with Crippen molar-refractivity contribution in [1.82, 2.24) is 0 Å². The Bertz CT molecular complexity index is 509. The molecule has 0 spiro atoms. The van der Waals surface area contributed by atoms with E-state index in [-0.39, 0.29) is 5.69 Å². The molecule has 0 N–H and O–H groups in total. The summed E-state index contributed by atoms with van der Waals surface area (Å²) < 4.78 is 0. The molecule has 19 heavy (non-hydrogen) atoms. The van der Waals surface area contributed by atoms with Gasteiger partial charge in [0.1, 0.15) is 11.2 Å². The maximum absolute atomic E-state index is 10.8. The van der Waals surface area contributed by atoms with Crippen molar-refractivity contribution in [1.29, 1.82) is 0 Å². The number of hydrogen-bond acceptors (Lipinski definition) is 5. The summed E-state index contributed by atoms with van der Waals surface area (Å²) in [6.07, 6.45) is 0. The van der Waals surface area contributed by atoms with Gasteiger partial charge in [-0.05, 0) is 46.8 Å². The molecular weight excluding hydrogens is 248 g/mol. The Hall–Kier alpha value is -1.66. The van der Waals surface area contributed by atoms with Gasteiger partial charge in [-0.25, -0.2) is 9.68 Å². The summed E-state index contributed by atoms with van der Waals surface area (Å²) in [7, 11) is 0. The van der Waals surface area contributed by atoms with Crippen LogP contribution in [0.4, 0.5) is 11.4 Å². The van der Waals surface area contributed by atoms with E-state index in [0.717, 1.165) is 0 Å². The third kappa shape index (κ3) is 2.29. The van der Waals surface area contributed by atoms with Crippen LogP contribution in [0.1, 0.15) is 33.3 Å². The fourth-order valence-electron chi connectivity index (χ4n) is 1.72. The molecule has 0 saturated carbocycles. The van der Waals surface area contributed by atoms with Crippen molar-refractivity contribution in [2.24, 2.45) is 0 Å². The maximum atomic E-state index is 10.8. The second kappa shape index (κ2) is 4.18. The monoisotopic (exact) mass is 266 g/mol. The third-order valence-corrected chi connectivity index (χ3v) is 3.66. The van der Waals surface area contributed by atoms with Crippen molar-refractivity contribution in [2.75, 3.05) is 5.23 Å². The van der Waals surface area contributed by atoms with E-state index in [1.54, 1.807) is 19.1 Å². The minimum Gasteiger partial charge on any atom is -0.258 e. The zero-order valence-electron chi connectivity index (χ0n) is 11.8. The minimum atomic E-state index is -0.483. The van der Waals surface area contributed by atoms with Crippen molar-refractivity contribution < 1.29 is 14.6 Å². The van der Waals surface area contributed by atoms with E-state index in [1.807, 2.05) is 27.7 Å². The molecule has 1 aromatic carbocycles. The van der Waals surface area contributed by atoms with E-state index in [1.165, 1.54) is 11.3 Å². The molecule has 1 fully saturated rings. The first kappa shape index (κ1) is 13.8. The Morgan fingerprint density at radius 3 is 2.11 bits per heavy atom. The normalized spacial score (nSPS) is 20.6. The fourth-order valence-corrected chi connectivity index (χ4v) is 1.72. The van der Waals surface area contributed by atoms with Gasteiger partial charge in [-0.15, -0.1) is 5.23 Å². The summed E-state index contributed by atoms with van der Waals surface area (Å²) in [6, 6.07) is 4.74. The fraction of sp³-hybridized carbons (Fsp3) is 0.538. The van der Waals surface area contributed by atoms with E-state index in [4.69, 9.17) is 9.68 Å². The molecule has 1 aliphatic rings. The molecule has 0 unspecified atom stereocenters. The Morgan fingerprint density at radius 2 is 1.68 bits per heavy atom. The van der Waals surface area contributed by atoms with Crippen molar-refractivity contribution in [2.45, 2.75) is 45.8 Å². The van der Waals surface area contributed by atoms with Gasteiger partial charge in [-0.3, -0.25) is 10.1 Å². The summed E-state index contributed by atoms with van der Waals surface area (Å²) >= 11 is 0. The Morgan fingerprint density at radius 1 is 1.16 bits per heavy atom. The molecule has 2 rings (SSSR count). The van der Waals surface area contributed by atoms with Crippen LogP contribution in [0.5, 0.6) is 0 Å². The number of nitrogens with zero attached hydrogens (tertiary/aromatic N) is 2. The second-order valence-corrected chi connectivity index (χ2v) is 5.69. The predicted molar refractivity (Wildman–Crippen MR) is 70.6 cm³/mol. The number of anilines is 1. The smallest absolute Gasteiger partial charge is 0.258 e. The lowest BCUT2D eigenvalue weighted by molar-refractivity contribution is -0.385. The summed E-state index contributed by atoms with van der Waals surface area (Å²) in [5.41, 5.74) is 0.325. The Labute approximate surface area is 112 Å². The molecule has 1 aromatic rings. The number of nitro benzene ring substituents is 1. The lowest BCUT2D eigenvalue weighted by Crippen LogP contribution is -2.41. The molecule has 0 aliphatic carbocycles. The summed E-state index contributed by atoms with van der Waals surface area (Å²) in [6.45, 7) is 9.43. The molecule has 0 radical (unpaired) electrons. The first-order valence-corrected chi connectivity index (χ1v) is 6.07. The molecule has 0 aromatic heterocycles. The SMILES string of the molecule is Cc1cc(N2OC(C)(C)C(C)(C)O2)ccc1[N+](=O)[O-]. The molecular formula is C13H18N2O4. The van der Waals surface area contributed by atoms with E-state index in [2.05, 4.69) is 0 Å². The van der Waals surface area contributed by atoms with Crippen LogP contribution in [0.2, 0.25) is 0 Å². The molecule has 1 saturated heterocycles. The summed E-state index contributed by atoms with van der Waals surface area (Å²) in [4.78, 5) is 21.9. The van der Waals surface area contributed by atoms with Crippen LogP contribution in [0.25, 0.3) is 0 Å². The maximum Gasteiger partial charge on any atom is 0.272 e. The molecule has 6 nitrogen and oxygen atoms in total. The van der Waals surface area contributed by atoms with E-state index < -0.39 is 16.1 Å². The van der Waals surface area contributed by atoms with Gasteiger partial charge in [0.15, 0.2) is 0 Å². The van der Waals surface area contributed by atoms with Crippen molar-refractivity contribution in [3.05, 3.63) is 33.9 Å². The van der Waals surface area contributed by atoms with Gasteiger partial charge in [-0.2, -0.15) is 0 Å². The lowest BCUT2D eigenvalue weighted by Gasteiger charge is -2.26. The average Bonchev–Trinajstić information content (AvgIpc) is 2.47. The average molecular weight is 266 g/mol. The van der Waals surface area contributed by atoms with E-state index in [9.17, 15) is 10.1 Å². The minimum absolute atomic E-state index is 0.0847. The quantitative estimate of drug-likeness (QED) is 0.607. The predicted octanol–water partition coefficient (Wildman–Crippen LogP) is 3.14. The molecule has 1 heterocycles. The standard InChI is InChI=1S/C13H18N2O4/c1-9-8-10(6-7-11(9)14(16)17)15-18-12(2,3)13(4,5)19-15/h6-8H,1-5H3. The number of benzene rings is 1. The first-order chi connectivity index (χ1) is 8.64. The lowest BCUT2D eigenvalue weighted by atomic mass is 9.90. The van der Waals surface area contributed by atoms with Crippen molar-refractivity contribution in [3.8, 4) is 0 Å².